The lowest BCUT2D eigenvalue weighted by Crippen LogP contribution is -2.38. The number of hydrogen-bond acceptors (Lipinski definition) is 3. The molecule has 29 heavy (non-hydrogen) atoms. The number of amides is 1. The van der Waals surface area contributed by atoms with Crippen molar-refractivity contribution in [2.45, 2.75) is 39.3 Å². The average Bonchev–Trinajstić information content (AvgIpc) is 3.08. The van der Waals surface area contributed by atoms with Crippen LogP contribution >= 0.6 is 11.6 Å². The predicted molar refractivity (Wildman–Crippen MR) is 118 cm³/mol. The van der Waals surface area contributed by atoms with Gasteiger partial charge in [-0.3, -0.25) is 9.69 Å². The molecule has 1 fully saturated rings. The summed E-state index contributed by atoms with van der Waals surface area (Å²) in [6, 6.07) is 16.0. The quantitative estimate of drug-likeness (QED) is 0.635. The molecule has 0 bridgehead atoms. The number of nitrogens with one attached hydrogen (secondary N) is 1. The van der Waals surface area contributed by atoms with Gasteiger partial charge in [-0.25, -0.2) is 4.98 Å². The van der Waals surface area contributed by atoms with Gasteiger partial charge in [-0.1, -0.05) is 35.9 Å². The second-order valence-corrected chi connectivity index (χ2v) is 8.41. The Morgan fingerprint density at radius 3 is 2.55 bits per heavy atom. The molecule has 0 saturated carbocycles. The zero-order chi connectivity index (χ0) is 20.4. The van der Waals surface area contributed by atoms with Crippen molar-refractivity contribution in [1.29, 1.82) is 0 Å². The Bertz CT molecular complexity index is 1010. The predicted octanol–water partition coefficient (Wildman–Crippen LogP) is 5.12. The van der Waals surface area contributed by atoms with Crippen LogP contribution in [0.5, 0.6) is 0 Å². The third-order valence-corrected chi connectivity index (χ3v) is 5.97. The number of carbonyl (C=O) groups is 1. The van der Waals surface area contributed by atoms with E-state index in [0.29, 0.717) is 16.8 Å². The second kappa shape index (κ2) is 8.56. The first kappa shape index (κ1) is 19.9. The third kappa shape index (κ3) is 4.31. The number of hydrogen-bond donors (Lipinski definition) is 1. The Kier molecular flexibility index (Phi) is 5.88. The summed E-state index contributed by atoms with van der Waals surface area (Å²) in [5, 5.41) is 3.56. The van der Waals surface area contributed by atoms with Gasteiger partial charge in [-0.2, -0.15) is 0 Å². The van der Waals surface area contributed by atoms with Gasteiger partial charge in [0.25, 0.3) is 0 Å². The summed E-state index contributed by atoms with van der Waals surface area (Å²) in [4.78, 5) is 19.9. The molecule has 4 rings (SSSR count). The molecule has 0 atom stereocenters. The van der Waals surface area contributed by atoms with Crippen molar-refractivity contribution in [2.75, 3.05) is 18.4 Å². The number of rotatable bonds is 5. The fourth-order valence-electron chi connectivity index (χ4n) is 4.13. The van der Waals surface area contributed by atoms with Crippen molar-refractivity contribution in [3.05, 3.63) is 59.4 Å². The molecule has 3 aromatic rings. The maximum atomic E-state index is 12.6. The first-order valence-electron chi connectivity index (χ1n) is 10.3. The lowest BCUT2D eigenvalue weighted by Gasteiger charge is -2.31. The van der Waals surface area contributed by atoms with Gasteiger partial charge >= 0.3 is 0 Å². The van der Waals surface area contributed by atoms with Crippen molar-refractivity contribution in [1.82, 2.24) is 14.5 Å². The SMILES string of the molecule is CC(C)n1c(CN2CCC(C(=O)Nc3ccccc3Cl)CC2)nc2ccccc21. The average molecular weight is 411 g/mol. The molecular weight excluding hydrogens is 384 g/mol. The number of carbonyl (C=O) groups excluding carboxylic acids is 1. The number of anilines is 1. The van der Waals surface area contributed by atoms with Gasteiger partial charge in [-0.15, -0.1) is 0 Å². The number of aromatic nitrogens is 2. The third-order valence-electron chi connectivity index (χ3n) is 5.64. The molecule has 2 heterocycles. The van der Waals surface area contributed by atoms with Crippen molar-refractivity contribution >= 4 is 34.2 Å². The first-order valence-corrected chi connectivity index (χ1v) is 10.6. The van der Waals surface area contributed by atoms with Crippen LogP contribution in [0.3, 0.4) is 0 Å². The van der Waals surface area contributed by atoms with E-state index in [1.807, 2.05) is 24.3 Å². The number of likely N-dealkylation sites (tertiary alicyclic amines) is 1. The molecular formula is C23H27ClN4O. The Hall–Kier alpha value is -2.37. The number of fused-ring (bicyclic) bond motifs is 1. The monoisotopic (exact) mass is 410 g/mol. The molecule has 6 heteroatoms. The molecule has 1 amide bonds. The van der Waals surface area contributed by atoms with E-state index < -0.39 is 0 Å². The van der Waals surface area contributed by atoms with Gasteiger partial charge in [0.2, 0.25) is 5.91 Å². The standard InChI is InChI=1S/C23H27ClN4O/c1-16(2)28-21-10-6-5-9-20(21)25-22(28)15-27-13-11-17(12-14-27)23(29)26-19-8-4-3-7-18(19)24/h3-10,16-17H,11-15H2,1-2H3,(H,26,29). The molecule has 152 valence electrons. The molecule has 2 aromatic carbocycles. The minimum absolute atomic E-state index is 0.0199. The molecule has 1 N–H and O–H groups in total. The summed E-state index contributed by atoms with van der Waals surface area (Å²) >= 11 is 6.16. The highest BCUT2D eigenvalue weighted by Crippen LogP contribution is 2.26. The Morgan fingerprint density at radius 2 is 1.83 bits per heavy atom. The zero-order valence-electron chi connectivity index (χ0n) is 16.9. The van der Waals surface area contributed by atoms with Gasteiger partial charge in [-0.05, 0) is 64.0 Å². The lowest BCUT2D eigenvalue weighted by atomic mass is 9.96. The Morgan fingerprint density at radius 1 is 1.14 bits per heavy atom. The number of halogens is 1. The van der Waals surface area contributed by atoms with E-state index >= 15 is 0 Å². The Balaban J connectivity index is 1.39. The summed E-state index contributed by atoms with van der Waals surface area (Å²) in [7, 11) is 0. The van der Waals surface area contributed by atoms with Crippen LogP contribution in [-0.2, 0) is 11.3 Å². The van der Waals surface area contributed by atoms with Crippen LogP contribution in [0.15, 0.2) is 48.5 Å². The molecule has 0 spiro atoms. The van der Waals surface area contributed by atoms with E-state index in [4.69, 9.17) is 16.6 Å². The van der Waals surface area contributed by atoms with Crippen molar-refractivity contribution in [3.63, 3.8) is 0 Å². The molecule has 5 nitrogen and oxygen atoms in total. The number of piperidine rings is 1. The van der Waals surface area contributed by atoms with E-state index in [1.54, 1.807) is 6.07 Å². The summed E-state index contributed by atoms with van der Waals surface area (Å²) in [6.45, 7) is 6.99. The highest BCUT2D eigenvalue weighted by molar-refractivity contribution is 6.33. The van der Waals surface area contributed by atoms with E-state index in [-0.39, 0.29) is 11.8 Å². The normalized spacial score (nSPS) is 15.9. The van der Waals surface area contributed by atoms with Gasteiger partial charge in [0.15, 0.2) is 0 Å². The molecule has 0 aliphatic carbocycles. The van der Waals surface area contributed by atoms with Crippen molar-refractivity contribution in [2.24, 2.45) is 5.92 Å². The lowest BCUT2D eigenvalue weighted by molar-refractivity contribution is -0.121. The molecule has 0 radical (unpaired) electrons. The minimum Gasteiger partial charge on any atom is -0.325 e. The molecule has 1 saturated heterocycles. The van der Waals surface area contributed by atoms with E-state index in [9.17, 15) is 4.79 Å². The summed E-state index contributed by atoms with van der Waals surface area (Å²) in [5.41, 5.74) is 2.92. The van der Waals surface area contributed by atoms with Crippen molar-refractivity contribution < 1.29 is 4.79 Å². The van der Waals surface area contributed by atoms with Crippen LogP contribution in [-0.4, -0.2) is 33.4 Å². The van der Waals surface area contributed by atoms with Crippen LogP contribution in [0, 0.1) is 5.92 Å². The molecule has 1 aliphatic heterocycles. The highest BCUT2D eigenvalue weighted by Gasteiger charge is 2.26. The summed E-state index contributed by atoms with van der Waals surface area (Å²) in [5.74, 6) is 1.18. The van der Waals surface area contributed by atoms with Crippen LogP contribution in [0.1, 0.15) is 38.6 Å². The molecule has 1 aromatic heterocycles. The topological polar surface area (TPSA) is 50.2 Å². The van der Waals surface area contributed by atoms with Gasteiger partial charge in [0.1, 0.15) is 5.82 Å². The van der Waals surface area contributed by atoms with E-state index in [2.05, 4.69) is 46.8 Å². The number of imidazole rings is 1. The summed E-state index contributed by atoms with van der Waals surface area (Å²) in [6.07, 6.45) is 1.69. The largest absolute Gasteiger partial charge is 0.325 e. The molecule has 1 aliphatic rings. The fourth-order valence-corrected chi connectivity index (χ4v) is 4.32. The maximum Gasteiger partial charge on any atom is 0.227 e. The minimum atomic E-state index is 0.0199. The maximum absolute atomic E-state index is 12.6. The summed E-state index contributed by atoms with van der Waals surface area (Å²) < 4.78 is 2.32. The smallest absolute Gasteiger partial charge is 0.227 e. The van der Waals surface area contributed by atoms with Gasteiger partial charge < -0.3 is 9.88 Å². The number of para-hydroxylation sites is 3. The van der Waals surface area contributed by atoms with Crippen LogP contribution in [0.4, 0.5) is 5.69 Å². The van der Waals surface area contributed by atoms with E-state index in [1.165, 1.54) is 5.52 Å². The fraction of sp³-hybridized carbons (Fsp3) is 0.391. The number of benzene rings is 2. The van der Waals surface area contributed by atoms with Gasteiger partial charge in [0, 0.05) is 12.0 Å². The Labute approximate surface area is 176 Å². The highest BCUT2D eigenvalue weighted by atomic mass is 35.5. The van der Waals surface area contributed by atoms with Crippen molar-refractivity contribution in [3.8, 4) is 0 Å². The molecule has 0 unspecified atom stereocenters. The second-order valence-electron chi connectivity index (χ2n) is 8.00. The van der Waals surface area contributed by atoms with E-state index in [0.717, 1.165) is 43.8 Å². The first-order chi connectivity index (χ1) is 14.0. The van der Waals surface area contributed by atoms with Crippen LogP contribution in [0.25, 0.3) is 11.0 Å². The zero-order valence-corrected chi connectivity index (χ0v) is 17.7. The van der Waals surface area contributed by atoms with Gasteiger partial charge in [0.05, 0.1) is 28.3 Å². The van der Waals surface area contributed by atoms with Crippen LogP contribution < -0.4 is 5.32 Å². The number of nitrogens with zero attached hydrogens (tertiary/aromatic N) is 3. The van der Waals surface area contributed by atoms with Crippen LogP contribution in [0.2, 0.25) is 5.02 Å².